The van der Waals surface area contributed by atoms with Gasteiger partial charge >= 0.3 is 4.87 Å². The van der Waals surface area contributed by atoms with Crippen LogP contribution in [0.3, 0.4) is 0 Å². The minimum absolute atomic E-state index is 0.00597. The van der Waals surface area contributed by atoms with E-state index in [2.05, 4.69) is 27.6 Å². The van der Waals surface area contributed by atoms with Gasteiger partial charge in [0.2, 0.25) is 0 Å². The summed E-state index contributed by atoms with van der Waals surface area (Å²) in [5.41, 5.74) is 1.95. The first-order chi connectivity index (χ1) is 6.25. The van der Waals surface area contributed by atoms with E-state index in [-0.39, 0.29) is 4.87 Å². The highest BCUT2D eigenvalue weighted by Gasteiger charge is 1.99. The lowest BCUT2D eigenvalue weighted by Gasteiger charge is -1.95. The van der Waals surface area contributed by atoms with Crippen LogP contribution in [0.25, 0.3) is 11.3 Å². The van der Waals surface area contributed by atoms with Crippen LogP contribution in [-0.2, 0) is 0 Å². The molecule has 0 bridgehead atoms. The Kier molecular flexibility index (Phi) is 2.50. The summed E-state index contributed by atoms with van der Waals surface area (Å²) in [4.78, 5) is 13.7. The van der Waals surface area contributed by atoms with Crippen molar-refractivity contribution in [3.05, 3.63) is 42.9 Å². The van der Waals surface area contributed by atoms with Gasteiger partial charge in [-0.1, -0.05) is 23.5 Å². The molecule has 2 aromatic rings. The fourth-order valence-corrected chi connectivity index (χ4v) is 2.00. The predicted octanol–water partition coefficient (Wildman–Crippen LogP) is 2.71. The summed E-state index contributed by atoms with van der Waals surface area (Å²) in [6.07, 6.45) is 0. The topological polar surface area (TPSA) is 32.9 Å². The van der Waals surface area contributed by atoms with Crippen molar-refractivity contribution in [3.63, 3.8) is 0 Å². The van der Waals surface area contributed by atoms with E-state index in [1.54, 1.807) is 0 Å². The Hall–Kier alpha value is -0.620. The van der Waals surface area contributed by atoms with Gasteiger partial charge in [-0.2, -0.15) is 0 Å². The van der Waals surface area contributed by atoms with E-state index in [0.717, 1.165) is 11.3 Å². The number of halogens is 1. The first-order valence-electron chi connectivity index (χ1n) is 3.69. The van der Waals surface area contributed by atoms with E-state index in [1.165, 1.54) is 14.9 Å². The molecule has 2 nitrogen and oxygen atoms in total. The molecule has 0 saturated carbocycles. The second kappa shape index (κ2) is 3.63. The average molecular weight is 303 g/mol. The highest BCUT2D eigenvalue weighted by Crippen LogP contribution is 2.18. The monoisotopic (exact) mass is 303 g/mol. The Morgan fingerprint density at radius 2 is 1.92 bits per heavy atom. The van der Waals surface area contributed by atoms with Gasteiger partial charge in [0.05, 0.1) is 5.69 Å². The van der Waals surface area contributed by atoms with Crippen molar-refractivity contribution in [1.82, 2.24) is 4.98 Å². The summed E-state index contributed by atoms with van der Waals surface area (Å²) in [6.45, 7) is 0. The molecule has 0 saturated heterocycles. The zero-order chi connectivity index (χ0) is 9.26. The van der Waals surface area contributed by atoms with Crippen LogP contribution in [0.4, 0.5) is 0 Å². The number of hydrogen-bond acceptors (Lipinski definition) is 2. The van der Waals surface area contributed by atoms with E-state index >= 15 is 0 Å². The van der Waals surface area contributed by atoms with Crippen molar-refractivity contribution in [2.75, 3.05) is 0 Å². The molecule has 0 spiro atoms. The van der Waals surface area contributed by atoms with Crippen LogP contribution in [0.1, 0.15) is 0 Å². The van der Waals surface area contributed by atoms with Crippen LogP contribution in [-0.4, -0.2) is 4.98 Å². The van der Waals surface area contributed by atoms with Gasteiger partial charge in [-0.15, -0.1) is 0 Å². The van der Waals surface area contributed by atoms with E-state index < -0.39 is 0 Å². The SMILES string of the molecule is O=c1[nH]c(-c2ccc(I)cc2)cs1. The number of nitrogens with one attached hydrogen (secondary N) is 1. The number of aromatic nitrogens is 1. The predicted molar refractivity (Wildman–Crippen MR) is 63.1 cm³/mol. The van der Waals surface area contributed by atoms with Crippen LogP contribution in [0.15, 0.2) is 34.4 Å². The Bertz CT molecular complexity index is 457. The molecule has 0 fully saturated rings. The fourth-order valence-electron chi connectivity index (χ4n) is 1.05. The Balaban J connectivity index is 2.47. The van der Waals surface area contributed by atoms with Gasteiger partial charge in [0, 0.05) is 8.95 Å². The lowest BCUT2D eigenvalue weighted by atomic mass is 10.2. The highest BCUT2D eigenvalue weighted by atomic mass is 127. The molecular weight excluding hydrogens is 297 g/mol. The maximum atomic E-state index is 10.9. The largest absolute Gasteiger partial charge is 0.312 e. The van der Waals surface area contributed by atoms with Gasteiger partial charge in [0.1, 0.15) is 0 Å². The van der Waals surface area contributed by atoms with Gasteiger partial charge in [-0.3, -0.25) is 4.79 Å². The zero-order valence-electron chi connectivity index (χ0n) is 6.58. The molecule has 0 aliphatic heterocycles. The summed E-state index contributed by atoms with van der Waals surface area (Å²) < 4.78 is 1.19. The van der Waals surface area contributed by atoms with Gasteiger partial charge in [0.25, 0.3) is 0 Å². The fraction of sp³-hybridized carbons (Fsp3) is 0. The van der Waals surface area contributed by atoms with Crippen molar-refractivity contribution in [2.24, 2.45) is 0 Å². The summed E-state index contributed by atoms with van der Waals surface area (Å²) in [7, 11) is 0. The third kappa shape index (κ3) is 2.00. The molecule has 2 rings (SSSR count). The van der Waals surface area contributed by atoms with E-state index in [4.69, 9.17) is 0 Å². The summed E-state index contributed by atoms with van der Waals surface area (Å²) in [5.74, 6) is 0. The number of thiazole rings is 1. The minimum atomic E-state index is -0.00597. The third-order valence-electron chi connectivity index (χ3n) is 1.68. The standard InChI is InChI=1S/C9H6INOS/c10-7-3-1-6(2-4-7)8-5-13-9(12)11-8/h1-5H,(H,11,12). The van der Waals surface area contributed by atoms with Crippen molar-refractivity contribution < 1.29 is 0 Å². The molecular formula is C9H6INOS. The van der Waals surface area contributed by atoms with Crippen molar-refractivity contribution in [3.8, 4) is 11.3 Å². The van der Waals surface area contributed by atoms with Gasteiger partial charge < -0.3 is 4.98 Å². The first kappa shape index (κ1) is 8.96. The van der Waals surface area contributed by atoms with Crippen molar-refractivity contribution in [2.45, 2.75) is 0 Å². The summed E-state index contributed by atoms with van der Waals surface area (Å²) >= 11 is 3.44. The quantitative estimate of drug-likeness (QED) is 0.807. The van der Waals surface area contributed by atoms with Gasteiger partial charge in [-0.25, -0.2) is 0 Å². The maximum Gasteiger partial charge on any atom is 0.304 e. The average Bonchev–Trinajstić information content (AvgIpc) is 2.53. The smallest absolute Gasteiger partial charge is 0.304 e. The van der Waals surface area contributed by atoms with E-state index in [0.29, 0.717) is 0 Å². The Morgan fingerprint density at radius 1 is 1.23 bits per heavy atom. The minimum Gasteiger partial charge on any atom is -0.312 e. The summed E-state index contributed by atoms with van der Waals surface area (Å²) in [5, 5.41) is 1.84. The molecule has 0 amide bonds. The molecule has 0 unspecified atom stereocenters. The second-order valence-corrected chi connectivity index (χ2v) is 4.66. The van der Waals surface area contributed by atoms with Crippen molar-refractivity contribution in [1.29, 1.82) is 0 Å². The normalized spacial score (nSPS) is 10.2. The molecule has 1 heterocycles. The first-order valence-corrected chi connectivity index (χ1v) is 5.65. The Labute approximate surface area is 92.8 Å². The molecule has 1 N–H and O–H groups in total. The van der Waals surface area contributed by atoms with Gasteiger partial charge in [0.15, 0.2) is 0 Å². The van der Waals surface area contributed by atoms with Crippen LogP contribution in [0, 0.1) is 3.57 Å². The molecule has 0 aliphatic carbocycles. The maximum absolute atomic E-state index is 10.9. The lowest BCUT2D eigenvalue weighted by Crippen LogP contribution is -1.92. The number of benzene rings is 1. The highest BCUT2D eigenvalue weighted by molar-refractivity contribution is 14.1. The molecule has 66 valence electrons. The zero-order valence-corrected chi connectivity index (χ0v) is 9.56. The van der Waals surface area contributed by atoms with Gasteiger partial charge in [-0.05, 0) is 40.3 Å². The van der Waals surface area contributed by atoms with Crippen LogP contribution >= 0.6 is 33.9 Å². The number of H-pyrrole nitrogens is 1. The molecule has 0 aliphatic rings. The molecule has 0 radical (unpaired) electrons. The molecule has 0 atom stereocenters. The number of aromatic amines is 1. The Morgan fingerprint density at radius 3 is 2.46 bits per heavy atom. The summed E-state index contributed by atoms with van der Waals surface area (Å²) in [6, 6.07) is 8.04. The number of hydrogen-bond donors (Lipinski definition) is 1. The third-order valence-corrected chi connectivity index (χ3v) is 3.06. The lowest BCUT2D eigenvalue weighted by molar-refractivity contribution is 1.34. The van der Waals surface area contributed by atoms with Crippen LogP contribution < -0.4 is 4.87 Å². The van der Waals surface area contributed by atoms with Crippen LogP contribution in [0.2, 0.25) is 0 Å². The van der Waals surface area contributed by atoms with Crippen LogP contribution in [0.5, 0.6) is 0 Å². The molecule has 1 aromatic carbocycles. The number of rotatable bonds is 1. The molecule has 1 aromatic heterocycles. The van der Waals surface area contributed by atoms with E-state index in [1.807, 2.05) is 29.6 Å². The molecule has 13 heavy (non-hydrogen) atoms. The molecule has 4 heteroatoms. The van der Waals surface area contributed by atoms with Crippen molar-refractivity contribution >= 4 is 33.9 Å². The van der Waals surface area contributed by atoms with E-state index in [9.17, 15) is 4.79 Å². The second-order valence-electron chi connectivity index (χ2n) is 2.57.